The zero-order chi connectivity index (χ0) is 37.5. The minimum absolute atomic E-state index is 0.589. The first-order valence-corrected chi connectivity index (χ1v) is 19.8. The Morgan fingerprint density at radius 1 is 0.386 bits per heavy atom. The number of fused-ring (bicyclic) bond motifs is 9. The lowest BCUT2D eigenvalue weighted by atomic mass is 10.0. The van der Waals surface area contributed by atoms with Crippen LogP contribution in [0.3, 0.4) is 0 Å². The quantitative estimate of drug-likeness (QED) is 0.176. The summed E-state index contributed by atoms with van der Waals surface area (Å²) in [7, 11) is 0. The molecule has 0 atom stereocenters. The number of rotatable bonds is 5. The van der Waals surface area contributed by atoms with Gasteiger partial charge < -0.3 is 8.98 Å². The highest BCUT2D eigenvalue weighted by molar-refractivity contribution is 7.26. The Balaban J connectivity index is 1.06. The van der Waals surface area contributed by atoms with E-state index >= 15 is 0 Å². The van der Waals surface area contributed by atoms with Crippen LogP contribution in [0.4, 0.5) is 0 Å². The van der Waals surface area contributed by atoms with E-state index in [1.54, 1.807) is 11.3 Å². The SMILES string of the molecule is c1ccc(-c2ccc3c(c2)c2ccccc2n3-c2cccc(-c3nc(-c4ccc5c(c4)oc4ccccc45)nc(-c4cccc5c4sc4ccccc45)n3)c2)cc1. The van der Waals surface area contributed by atoms with Crippen LogP contribution in [0.5, 0.6) is 0 Å². The highest BCUT2D eigenvalue weighted by atomic mass is 32.1. The molecule has 0 spiro atoms. The smallest absolute Gasteiger partial charge is 0.165 e. The lowest BCUT2D eigenvalue weighted by Gasteiger charge is -2.12. The molecule has 0 saturated heterocycles. The molecule has 0 aliphatic heterocycles. The molecule has 57 heavy (non-hydrogen) atoms. The third kappa shape index (κ3) is 5.12. The maximum atomic E-state index is 6.32. The molecule has 0 aliphatic rings. The first-order valence-electron chi connectivity index (χ1n) is 19.0. The normalized spacial score (nSPS) is 11.9. The van der Waals surface area contributed by atoms with Crippen molar-refractivity contribution in [2.75, 3.05) is 0 Å². The zero-order valence-electron chi connectivity index (χ0n) is 30.4. The summed E-state index contributed by atoms with van der Waals surface area (Å²) in [6.45, 7) is 0. The predicted molar refractivity (Wildman–Crippen MR) is 236 cm³/mol. The fraction of sp³-hybridized carbons (Fsp3) is 0. The fourth-order valence-corrected chi connectivity index (χ4v) is 9.60. The lowest BCUT2D eigenvalue weighted by molar-refractivity contribution is 0.669. The number of thiophene rings is 1. The first-order chi connectivity index (χ1) is 28.2. The van der Waals surface area contributed by atoms with E-state index in [-0.39, 0.29) is 0 Å². The van der Waals surface area contributed by atoms with Gasteiger partial charge in [-0.2, -0.15) is 0 Å². The maximum absolute atomic E-state index is 6.32. The van der Waals surface area contributed by atoms with Crippen LogP contribution in [0.1, 0.15) is 0 Å². The third-order valence-corrected chi connectivity index (χ3v) is 12.3. The molecule has 0 fully saturated rings. The average molecular weight is 747 g/mol. The molecular weight excluding hydrogens is 717 g/mol. The Morgan fingerprint density at radius 2 is 1.04 bits per heavy atom. The van der Waals surface area contributed by atoms with Gasteiger partial charge in [0.05, 0.1) is 11.0 Å². The highest BCUT2D eigenvalue weighted by Gasteiger charge is 2.19. The predicted octanol–water partition coefficient (Wildman–Crippen LogP) is 13.9. The molecule has 266 valence electrons. The van der Waals surface area contributed by atoms with E-state index < -0.39 is 0 Å². The van der Waals surface area contributed by atoms with Crippen LogP contribution in [0.25, 0.3) is 115 Å². The van der Waals surface area contributed by atoms with Crippen molar-refractivity contribution in [3.05, 3.63) is 182 Å². The van der Waals surface area contributed by atoms with Crippen molar-refractivity contribution in [3.63, 3.8) is 0 Å². The van der Waals surface area contributed by atoms with Crippen molar-refractivity contribution in [1.29, 1.82) is 0 Å². The Bertz CT molecular complexity index is 3540. The summed E-state index contributed by atoms with van der Waals surface area (Å²) in [6, 6.07) is 63.9. The molecule has 0 bridgehead atoms. The Morgan fingerprint density at radius 3 is 1.93 bits per heavy atom. The van der Waals surface area contributed by atoms with E-state index in [4.69, 9.17) is 19.4 Å². The monoisotopic (exact) mass is 746 g/mol. The molecule has 0 unspecified atom stereocenters. The van der Waals surface area contributed by atoms with Crippen molar-refractivity contribution in [2.24, 2.45) is 0 Å². The number of hydrogen-bond donors (Lipinski definition) is 0. The summed E-state index contributed by atoms with van der Waals surface area (Å²) in [6.07, 6.45) is 0. The highest BCUT2D eigenvalue weighted by Crippen LogP contribution is 2.41. The minimum atomic E-state index is 0.589. The molecule has 5 nitrogen and oxygen atoms in total. The summed E-state index contributed by atoms with van der Waals surface area (Å²) in [5.74, 6) is 1.82. The van der Waals surface area contributed by atoms with Crippen LogP contribution >= 0.6 is 11.3 Å². The van der Waals surface area contributed by atoms with Crippen molar-refractivity contribution < 1.29 is 4.42 Å². The molecule has 0 saturated carbocycles. The topological polar surface area (TPSA) is 56.7 Å². The van der Waals surface area contributed by atoms with Gasteiger partial charge in [0, 0.05) is 64.1 Å². The van der Waals surface area contributed by atoms with Gasteiger partial charge in [-0.05, 0) is 71.8 Å². The largest absolute Gasteiger partial charge is 0.456 e. The molecule has 0 amide bonds. The van der Waals surface area contributed by atoms with Crippen molar-refractivity contribution >= 4 is 75.3 Å². The molecule has 6 heteroatoms. The Hall–Kier alpha value is -7.41. The van der Waals surface area contributed by atoms with Crippen LogP contribution in [0.15, 0.2) is 186 Å². The molecule has 0 aliphatic carbocycles. The number of para-hydroxylation sites is 2. The molecule has 0 N–H and O–H groups in total. The van der Waals surface area contributed by atoms with E-state index in [0.29, 0.717) is 17.5 Å². The standard InChI is InChI=1S/C51H30N4OS/c1-2-12-31(13-3-1)32-25-27-44-42(29-32)36-16-4-7-21-43(36)55(44)35-15-10-14-33(28-35)49-52-50(34-24-26-38-37-17-5-8-22-45(37)56-46(38)30-34)54-51(53-49)41-20-11-19-40-39-18-6-9-23-47(39)57-48(40)41/h1-30H. The van der Waals surface area contributed by atoms with Crippen molar-refractivity contribution in [2.45, 2.75) is 0 Å². The van der Waals surface area contributed by atoms with Gasteiger partial charge >= 0.3 is 0 Å². The van der Waals surface area contributed by atoms with Crippen LogP contribution in [0, 0.1) is 0 Å². The second-order valence-electron chi connectivity index (χ2n) is 14.4. The van der Waals surface area contributed by atoms with Crippen LogP contribution in [-0.2, 0) is 0 Å². The Labute approximate surface area is 330 Å². The molecule has 12 aromatic rings. The minimum Gasteiger partial charge on any atom is -0.456 e. The second-order valence-corrected chi connectivity index (χ2v) is 15.4. The Kier molecular flexibility index (Phi) is 7.03. The average Bonchev–Trinajstić information content (AvgIpc) is 3.96. The first kappa shape index (κ1) is 31.9. The molecule has 0 radical (unpaired) electrons. The lowest BCUT2D eigenvalue weighted by Crippen LogP contribution is -2.01. The summed E-state index contributed by atoms with van der Waals surface area (Å²) in [4.78, 5) is 15.7. The summed E-state index contributed by atoms with van der Waals surface area (Å²) >= 11 is 1.77. The van der Waals surface area contributed by atoms with Gasteiger partial charge in [-0.1, -0.05) is 121 Å². The van der Waals surface area contributed by atoms with E-state index in [1.807, 2.05) is 18.2 Å². The van der Waals surface area contributed by atoms with Gasteiger partial charge in [-0.3, -0.25) is 0 Å². The summed E-state index contributed by atoms with van der Waals surface area (Å²) in [5, 5.41) is 7.00. The number of nitrogens with zero attached hydrogens (tertiary/aromatic N) is 4. The molecule has 4 aromatic heterocycles. The van der Waals surface area contributed by atoms with Crippen LogP contribution in [-0.4, -0.2) is 19.5 Å². The van der Waals surface area contributed by atoms with E-state index in [2.05, 4.69) is 168 Å². The summed E-state index contributed by atoms with van der Waals surface area (Å²) < 4.78 is 11.1. The number of aromatic nitrogens is 4. The molecule has 8 aromatic carbocycles. The molecule has 12 rings (SSSR count). The van der Waals surface area contributed by atoms with Gasteiger partial charge in [-0.25, -0.2) is 15.0 Å². The number of hydrogen-bond acceptors (Lipinski definition) is 5. The van der Waals surface area contributed by atoms with E-state index in [9.17, 15) is 0 Å². The van der Waals surface area contributed by atoms with Gasteiger partial charge in [-0.15, -0.1) is 11.3 Å². The number of furan rings is 1. The number of benzene rings is 8. The van der Waals surface area contributed by atoms with Gasteiger partial charge in [0.25, 0.3) is 0 Å². The maximum Gasteiger partial charge on any atom is 0.165 e. The van der Waals surface area contributed by atoms with Crippen LogP contribution in [0.2, 0.25) is 0 Å². The zero-order valence-corrected chi connectivity index (χ0v) is 31.2. The fourth-order valence-electron chi connectivity index (χ4n) is 8.39. The summed E-state index contributed by atoms with van der Waals surface area (Å²) in [5.41, 5.74) is 10.1. The van der Waals surface area contributed by atoms with Crippen molar-refractivity contribution in [3.8, 4) is 51.0 Å². The van der Waals surface area contributed by atoms with E-state index in [0.717, 1.165) is 60.0 Å². The van der Waals surface area contributed by atoms with E-state index in [1.165, 1.54) is 37.4 Å². The third-order valence-electron chi connectivity index (χ3n) is 11.1. The van der Waals surface area contributed by atoms with Crippen LogP contribution < -0.4 is 0 Å². The molecule has 4 heterocycles. The second kappa shape index (κ2) is 12.6. The van der Waals surface area contributed by atoms with Gasteiger partial charge in [0.15, 0.2) is 17.5 Å². The van der Waals surface area contributed by atoms with Gasteiger partial charge in [0.1, 0.15) is 11.2 Å². The van der Waals surface area contributed by atoms with Crippen molar-refractivity contribution in [1.82, 2.24) is 19.5 Å². The van der Waals surface area contributed by atoms with Gasteiger partial charge in [0.2, 0.25) is 0 Å². The molecular formula is C51H30N4OS.